The summed E-state index contributed by atoms with van der Waals surface area (Å²) >= 11 is 4.62. The van der Waals surface area contributed by atoms with Crippen molar-refractivity contribution in [3.05, 3.63) is 34.2 Å². The Balaban J connectivity index is 2.22. The summed E-state index contributed by atoms with van der Waals surface area (Å²) in [5.74, 6) is 0.834. The molecule has 72 valence electrons. The summed E-state index contributed by atoms with van der Waals surface area (Å²) in [5.41, 5.74) is 0. The van der Waals surface area contributed by atoms with Crippen LogP contribution in [0.4, 0.5) is 0 Å². The van der Waals surface area contributed by atoms with Crippen LogP contribution in [0.1, 0.15) is 0 Å². The first kappa shape index (κ1) is 9.48. The maximum absolute atomic E-state index is 9.25. The lowest BCUT2D eigenvalue weighted by atomic mass is 10.3. The van der Waals surface area contributed by atoms with E-state index in [1.54, 1.807) is 24.4 Å². The second kappa shape index (κ2) is 3.98. The summed E-state index contributed by atoms with van der Waals surface area (Å²) in [6, 6.07) is 4.94. The Morgan fingerprint density at radius 2 is 2.29 bits per heavy atom. The third kappa shape index (κ3) is 2.05. The molecule has 1 heterocycles. The molecule has 0 saturated carbocycles. The van der Waals surface area contributed by atoms with Crippen LogP contribution in [0.5, 0.6) is 16.7 Å². The molecular formula is C9H6BrNO2S. The summed E-state index contributed by atoms with van der Waals surface area (Å²) in [6.07, 6.45) is 1.68. The highest BCUT2D eigenvalue weighted by Gasteiger charge is 2.02. The van der Waals surface area contributed by atoms with Gasteiger partial charge in [0.2, 0.25) is 0 Å². The van der Waals surface area contributed by atoms with Crippen LogP contribution in [0.2, 0.25) is 0 Å². The molecule has 2 rings (SSSR count). The van der Waals surface area contributed by atoms with Crippen LogP contribution in [-0.2, 0) is 0 Å². The highest BCUT2D eigenvalue weighted by molar-refractivity contribution is 9.10. The topological polar surface area (TPSA) is 42.4 Å². The van der Waals surface area contributed by atoms with E-state index < -0.39 is 0 Å². The van der Waals surface area contributed by atoms with Gasteiger partial charge in [-0.1, -0.05) is 11.3 Å². The number of rotatable bonds is 2. The van der Waals surface area contributed by atoms with E-state index in [2.05, 4.69) is 20.9 Å². The molecule has 1 aromatic carbocycles. The predicted molar refractivity (Wildman–Crippen MR) is 58.0 cm³/mol. The third-order valence-electron chi connectivity index (χ3n) is 1.53. The number of aromatic hydroxyl groups is 1. The molecule has 0 saturated heterocycles. The lowest BCUT2D eigenvalue weighted by Crippen LogP contribution is -1.82. The minimum Gasteiger partial charge on any atom is -0.507 e. The molecule has 0 amide bonds. The number of phenolic OH excluding ortho intramolecular Hbond substituents is 1. The summed E-state index contributed by atoms with van der Waals surface area (Å²) in [6.45, 7) is 0. The van der Waals surface area contributed by atoms with Crippen molar-refractivity contribution in [2.24, 2.45) is 0 Å². The molecule has 0 unspecified atom stereocenters. The van der Waals surface area contributed by atoms with Crippen molar-refractivity contribution >= 4 is 27.3 Å². The van der Waals surface area contributed by atoms with Gasteiger partial charge in [-0.05, 0) is 34.1 Å². The Morgan fingerprint density at radius 3 is 2.93 bits per heavy atom. The van der Waals surface area contributed by atoms with Crippen molar-refractivity contribution in [2.45, 2.75) is 0 Å². The molecule has 0 aliphatic rings. The van der Waals surface area contributed by atoms with Gasteiger partial charge in [0.25, 0.3) is 5.19 Å². The molecule has 0 bridgehead atoms. The van der Waals surface area contributed by atoms with Crippen LogP contribution in [0.25, 0.3) is 0 Å². The highest BCUT2D eigenvalue weighted by atomic mass is 79.9. The summed E-state index contributed by atoms with van der Waals surface area (Å²) in [5, 5.41) is 11.7. The SMILES string of the molecule is Oc1ccc(Oc2nccs2)cc1Br. The number of thiazole rings is 1. The molecule has 14 heavy (non-hydrogen) atoms. The largest absolute Gasteiger partial charge is 0.507 e. The van der Waals surface area contributed by atoms with E-state index in [-0.39, 0.29) is 5.75 Å². The Labute approximate surface area is 93.1 Å². The van der Waals surface area contributed by atoms with Gasteiger partial charge in [0.1, 0.15) is 11.5 Å². The van der Waals surface area contributed by atoms with Crippen LogP contribution in [0, 0.1) is 0 Å². The zero-order valence-electron chi connectivity index (χ0n) is 6.98. The molecular weight excluding hydrogens is 266 g/mol. The first-order valence-electron chi connectivity index (χ1n) is 3.81. The number of phenols is 1. The lowest BCUT2D eigenvalue weighted by Gasteiger charge is -2.02. The molecule has 0 aliphatic heterocycles. The Bertz CT molecular complexity index is 430. The zero-order valence-corrected chi connectivity index (χ0v) is 9.38. The van der Waals surface area contributed by atoms with Crippen molar-refractivity contribution in [2.75, 3.05) is 0 Å². The van der Waals surface area contributed by atoms with E-state index >= 15 is 0 Å². The first-order chi connectivity index (χ1) is 6.75. The predicted octanol–water partition coefficient (Wildman–Crippen LogP) is 3.40. The van der Waals surface area contributed by atoms with Crippen molar-refractivity contribution in [3.63, 3.8) is 0 Å². The zero-order chi connectivity index (χ0) is 9.97. The van der Waals surface area contributed by atoms with Crippen LogP contribution >= 0.6 is 27.3 Å². The number of halogens is 1. The normalized spacial score (nSPS) is 10.1. The van der Waals surface area contributed by atoms with Crippen LogP contribution in [-0.4, -0.2) is 10.1 Å². The first-order valence-corrected chi connectivity index (χ1v) is 5.49. The lowest BCUT2D eigenvalue weighted by molar-refractivity contribution is 0.460. The number of benzene rings is 1. The van der Waals surface area contributed by atoms with Gasteiger partial charge in [-0.2, -0.15) is 0 Å². The van der Waals surface area contributed by atoms with Gasteiger partial charge in [-0.15, -0.1) is 0 Å². The van der Waals surface area contributed by atoms with Crippen LogP contribution < -0.4 is 4.74 Å². The number of aromatic nitrogens is 1. The van der Waals surface area contributed by atoms with Crippen molar-refractivity contribution < 1.29 is 9.84 Å². The Hall–Kier alpha value is -1.07. The van der Waals surface area contributed by atoms with E-state index in [9.17, 15) is 5.11 Å². The molecule has 2 aromatic rings. The van der Waals surface area contributed by atoms with Crippen molar-refractivity contribution in [1.82, 2.24) is 4.98 Å². The fraction of sp³-hybridized carbons (Fsp3) is 0. The van der Waals surface area contributed by atoms with Crippen molar-refractivity contribution in [3.8, 4) is 16.7 Å². The third-order valence-corrected chi connectivity index (χ3v) is 2.82. The molecule has 0 atom stereocenters. The van der Waals surface area contributed by atoms with Gasteiger partial charge < -0.3 is 9.84 Å². The second-order valence-corrected chi connectivity index (χ2v) is 4.22. The van der Waals surface area contributed by atoms with Crippen molar-refractivity contribution in [1.29, 1.82) is 0 Å². The van der Waals surface area contributed by atoms with Gasteiger partial charge in [0, 0.05) is 11.6 Å². The van der Waals surface area contributed by atoms with Crippen LogP contribution in [0.3, 0.4) is 0 Å². The number of hydrogen-bond acceptors (Lipinski definition) is 4. The average Bonchev–Trinajstić information content (AvgIpc) is 2.64. The molecule has 3 nitrogen and oxygen atoms in total. The smallest absolute Gasteiger partial charge is 0.278 e. The molecule has 0 radical (unpaired) electrons. The van der Waals surface area contributed by atoms with Gasteiger partial charge in [0.15, 0.2) is 0 Å². The fourth-order valence-corrected chi connectivity index (χ4v) is 1.77. The molecule has 0 spiro atoms. The quantitative estimate of drug-likeness (QED) is 0.911. The maximum Gasteiger partial charge on any atom is 0.278 e. The van der Waals surface area contributed by atoms with E-state index in [4.69, 9.17) is 4.74 Å². The fourth-order valence-electron chi connectivity index (χ4n) is 0.913. The van der Waals surface area contributed by atoms with Gasteiger partial charge in [-0.25, -0.2) is 4.98 Å². The number of hydrogen-bond donors (Lipinski definition) is 1. The number of nitrogens with zero attached hydrogens (tertiary/aromatic N) is 1. The standard InChI is InChI=1S/C9H6BrNO2S/c10-7-5-6(1-2-8(7)12)13-9-11-3-4-14-9/h1-5,12H. The van der Waals surface area contributed by atoms with E-state index in [0.717, 1.165) is 0 Å². The summed E-state index contributed by atoms with van der Waals surface area (Å²) in [7, 11) is 0. The number of ether oxygens (including phenoxy) is 1. The van der Waals surface area contributed by atoms with E-state index in [1.807, 2.05) is 5.38 Å². The molecule has 0 aliphatic carbocycles. The van der Waals surface area contributed by atoms with Crippen LogP contribution in [0.15, 0.2) is 34.2 Å². The average molecular weight is 272 g/mol. The summed E-state index contributed by atoms with van der Waals surface area (Å²) < 4.78 is 6.02. The highest BCUT2D eigenvalue weighted by Crippen LogP contribution is 2.30. The Kier molecular flexibility index (Phi) is 2.69. The van der Waals surface area contributed by atoms with Gasteiger partial charge >= 0.3 is 0 Å². The van der Waals surface area contributed by atoms with Gasteiger partial charge in [-0.3, -0.25) is 0 Å². The molecule has 1 N–H and O–H groups in total. The summed E-state index contributed by atoms with van der Waals surface area (Å²) in [4.78, 5) is 3.98. The monoisotopic (exact) mass is 271 g/mol. The minimum absolute atomic E-state index is 0.191. The molecule has 0 fully saturated rings. The molecule has 5 heteroatoms. The minimum atomic E-state index is 0.191. The van der Waals surface area contributed by atoms with Gasteiger partial charge in [0.05, 0.1) is 4.47 Å². The molecule has 1 aromatic heterocycles. The maximum atomic E-state index is 9.25. The van der Waals surface area contributed by atoms with E-state index in [0.29, 0.717) is 15.4 Å². The van der Waals surface area contributed by atoms with E-state index in [1.165, 1.54) is 11.3 Å². The Morgan fingerprint density at radius 1 is 1.43 bits per heavy atom. The second-order valence-electron chi connectivity index (χ2n) is 2.51.